The van der Waals surface area contributed by atoms with Crippen molar-refractivity contribution >= 4 is 23.2 Å². The van der Waals surface area contributed by atoms with Crippen LogP contribution in [0.4, 0.5) is 0 Å². The smallest absolute Gasteiger partial charge is 0.0452 e. The fraction of sp³-hybridized carbons (Fsp3) is 0.500. The van der Waals surface area contributed by atoms with Gasteiger partial charge in [-0.2, -0.15) is 0 Å². The van der Waals surface area contributed by atoms with Crippen LogP contribution in [0.1, 0.15) is 24.8 Å². The lowest BCUT2D eigenvalue weighted by Gasteiger charge is -2.10. The average Bonchev–Trinajstić information content (AvgIpc) is 2.69. The molecule has 1 unspecified atom stereocenters. The number of aryl methyl sites for hydroxylation is 1. The topological polar surface area (TPSA) is 12.0 Å². The van der Waals surface area contributed by atoms with Gasteiger partial charge in [-0.05, 0) is 49.9 Å². The number of halogens is 2. The maximum atomic E-state index is 6.11. The summed E-state index contributed by atoms with van der Waals surface area (Å²) in [7, 11) is 0. The summed E-state index contributed by atoms with van der Waals surface area (Å²) < 4.78 is 0. The first-order valence-corrected chi connectivity index (χ1v) is 6.18. The Bertz CT molecular complexity index is 332. The molecule has 1 aliphatic rings. The number of nitrogens with one attached hydrogen (secondary N) is 1. The summed E-state index contributed by atoms with van der Waals surface area (Å²) in [5, 5.41) is 4.99. The first-order valence-electron chi connectivity index (χ1n) is 5.43. The van der Waals surface area contributed by atoms with E-state index in [0.717, 1.165) is 11.4 Å². The van der Waals surface area contributed by atoms with E-state index in [9.17, 15) is 0 Å². The lowest BCUT2D eigenvalue weighted by atomic mass is 10.0. The van der Waals surface area contributed by atoms with Crippen LogP contribution in [0, 0.1) is 0 Å². The van der Waals surface area contributed by atoms with Gasteiger partial charge in [0.05, 0.1) is 0 Å². The summed E-state index contributed by atoms with van der Waals surface area (Å²) in [6.07, 6.45) is 4.80. The Balaban J connectivity index is 1.92. The predicted octanol–water partition coefficient (Wildman–Crippen LogP) is 3.68. The molecule has 0 amide bonds. The van der Waals surface area contributed by atoms with Crippen LogP contribution >= 0.6 is 23.2 Å². The highest BCUT2D eigenvalue weighted by Crippen LogP contribution is 2.23. The second kappa shape index (κ2) is 5.20. The maximum absolute atomic E-state index is 6.11. The SMILES string of the molecule is Clc1ccc(CCC2CCCN2)c(Cl)c1. The van der Waals surface area contributed by atoms with Crippen molar-refractivity contribution in [2.24, 2.45) is 0 Å². The average molecular weight is 244 g/mol. The van der Waals surface area contributed by atoms with Gasteiger partial charge in [-0.1, -0.05) is 29.3 Å². The van der Waals surface area contributed by atoms with Crippen molar-refractivity contribution in [1.82, 2.24) is 5.32 Å². The van der Waals surface area contributed by atoms with E-state index in [0.29, 0.717) is 11.1 Å². The van der Waals surface area contributed by atoms with E-state index in [2.05, 4.69) is 5.32 Å². The summed E-state index contributed by atoms with van der Waals surface area (Å²) in [5.41, 5.74) is 1.20. The Labute approximate surface area is 101 Å². The third kappa shape index (κ3) is 3.10. The molecule has 0 spiro atoms. The van der Waals surface area contributed by atoms with Gasteiger partial charge in [-0.25, -0.2) is 0 Å². The van der Waals surface area contributed by atoms with Gasteiger partial charge >= 0.3 is 0 Å². The van der Waals surface area contributed by atoms with E-state index in [1.807, 2.05) is 18.2 Å². The molecule has 82 valence electrons. The van der Waals surface area contributed by atoms with Gasteiger partial charge in [-0.15, -0.1) is 0 Å². The number of hydrogen-bond acceptors (Lipinski definition) is 1. The zero-order valence-corrected chi connectivity index (χ0v) is 10.1. The highest BCUT2D eigenvalue weighted by molar-refractivity contribution is 6.35. The minimum atomic E-state index is 0.678. The van der Waals surface area contributed by atoms with Crippen molar-refractivity contribution in [2.75, 3.05) is 6.54 Å². The third-order valence-corrected chi connectivity index (χ3v) is 3.53. The largest absolute Gasteiger partial charge is 0.314 e. The van der Waals surface area contributed by atoms with Crippen molar-refractivity contribution < 1.29 is 0 Å². The number of benzene rings is 1. The molecule has 1 aliphatic heterocycles. The van der Waals surface area contributed by atoms with E-state index < -0.39 is 0 Å². The Hall–Kier alpha value is -0.240. The lowest BCUT2D eigenvalue weighted by Crippen LogP contribution is -2.21. The van der Waals surface area contributed by atoms with Gasteiger partial charge in [0.1, 0.15) is 0 Å². The Morgan fingerprint density at radius 3 is 2.87 bits per heavy atom. The minimum absolute atomic E-state index is 0.678. The molecular weight excluding hydrogens is 229 g/mol. The van der Waals surface area contributed by atoms with Crippen molar-refractivity contribution in [1.29, 1.82) is 0 Å². The van der Waals surface area contributed by atoms with Crippen LogP contribution in [0.25, 0.3) is 0 Å². The van der Waals surface area contributed by atoms with Gasteiger partial charge in [0.25, 0.3) is 0 Å². The zero-order valence-electron chi connectivity index (χ0n) is 8.60. The molecule has 1 atom stereocenters. The van der Waals surface area contributed by atoms with Crippen LogP contribution in [-0.4, -0.2) is 12.6 Å². The van der Waals surface area contributed by atoms with Crippen molar-refractivity contribution in [2.45, 2.75) is 31.7 Å². The van der Waals surface area contributed by atoms with Crippen molar-refractivity contribution in [3.05, 3.63) is 33.8 Å². The third-order valence-electron chi connectivity index (χ3n) is 2.94. The summed E-state index contributed by atoms with van der Waals surface area (Å²) in [5.74, 6) is 0. The monoisotopic (exact) mass is 243 g/mol. The Morgan fingerprint density at radius 1 is 1.33 bits per heavy atom. The molecule has 1 nitrogen and oxygen atoms in total. The quantitative estimate of drug-likeness (QED) is 0.855. The van der Waals surface area contributed by atoms with E-state index in [4.69, 9.17) is 23.2 Å². The fourth-order valence-electron chi connectivity index (χ4n) is 2.06. The van der Waals surface area contributed by atoms with Gasteiger partial charge in [0.15, 0.2) is 0 Å². The van der Waals surface area contributed by atoms with E-state index in [1.165, 1.54) is 31.4 Å². The van der Waals surface area contributed by atoms with E-state index in [1.54, 1.807) is 0 Å². The maximum Gasteiger partial charge on any atom is 0.0452 e. The second-order valence-electron chi connectivity index (χ2n) is 4.07. The first kappa shape index (κ1) is 11.3. The minimum Gasteiger partial charge on any atom is -0.314 e. The molecular formula is C12H15Cl2N. The number of rotatable bonds is 3. The molecule has 1 saturated heterocycles. The molecule has 0 saturated carbocycles. The highest BCUT2D eigenvalue weighted by Gasteiger charge is 2.14. The lowest BCUT2D eigenvalue weighted by molar-refractivity contribution is 0.559. The van der Waals surface area contributed by atoms with Crippen LogP contribution in [0.15, 0.2) is 18.2 Å². The van der Waals surface area contributed by atoms with Gasteiger partial charge in [0.2, 0.25) is 0 Å². The van der Waals surface area contributed by atoms with Crippen LogP contribution in [-0.2, 0) is 6.42 Å². The molecule has 0 aromatic heterocycles. The predicted molar refractivity (Wildman–Crippen MR) is 65.8 cm³/mol. The summed E-state index contributed by atoms with van der Waals surface area (Å²) >= 11 is 12.0. The van der Waals surface area contributed by atoms with Crippen molar-refractivity contribution in [3.63, 3.8) is 0 Å². The van der Waals surface area contributed by atoms with Crippen LogP contribution in [0.2, 0.25) is 10.0 Å². The molecule has 1 aromatic carbocycles. The summed E-state index contributed by atoms with van der Waals surface area (Å²) in [4.78, 5) is 0. The molecule has 1 fully saturated rings. The van der Waals surface area contributed by atoms with Crippen molar-refractivity contribution in [3.8, 4) is 0 Å². The summed E-state index contributed by atoms with van der Waals surface area (Å²) in [6, 6.07) is 6.43. The number of hydrogen-bond donors (Lipinski definition) is 1. The molecule has 0 aliphatic carbocycles. The van der Waals surface area contributed by atoms with Gasteiger partial charge < -0.3 is 5.32 Å². The zero-order chi connectivity index (χ0) is 10.7. The van der Waals surface area contributed by atoms with Gasteiger partial charge in [0, 0.05) is 16.1 Å². The molecule has 0 radical (unpaired) electrons. The van der Waals surface area contributed by atoms with Crippen LogP contribution in [0.5, 0.6) is 0 Å². The second-order valence-corrected chi connectivity index (χ2v) is 4.91. The Kier molecular flexibility index (Phi) is 3.90. The summed E-state index contributed by atoms with van der Waals surface area (Å²) in [6.45, 7) is 1.17. The molecule has 3 heteroatoms. The Morgan fingerprint density at radius 2 is 2.20 bits per heavy atom. The van der Waals surface area contributed by atoms with E-state index >= 15 is 0 Å². The first-order chi connectivity index (χ1) is 7.25. The normalized spacial score (nSPS) is 20.8. The molecule has 0 bridgehead atoms. The van der Waals surface area contributed by atoms with Gasteiger partial charge in [-0.3, -0.25) is 0 Å². The molecule has 1 aromatic rings. The fourth-order valence-corrected chi connectivity index (χ4v) is 2.56. The standard InChI is InChI=1S/C12H15Cl2N/c13-10-5-3-9(12(14)8-10)4-6-11-2-1-7-15-11/h3,5,8,11,15H,1-2,4,6-7H2. The van der Waals surface area contributed by atoms with E-state index in [-0.39, 0.29) is 0 Å². The molecule has 15 heavy (non-hydrogen) atoms. The van der Waals surface area contributed by atoms with Crippen LogP contribution < -0.4 is 5.32 Å². The highest BCUT2D eigenvalue weighted by atomic mass is 35.5. The van der Waals surface area contributed by atoms with Crippen LogP contribution in [0.3, 0.4) is 0 Å². The molecule has 1 heterocycles. The molecule has 2 rings (SSSR count). The molecule has 1 N–H and O–H groups in total.